The number of aromatic nitrogens is 2. The first-order valence-electron chi connectivity index (χ1n) is 8.61. The van der Waals surface area contributed by atoms with Crippen LogP contribution in [-0.2, 0) is 14.6 Å². The van der Waals surface area contributed by atoms with Gasteiger partial charge in [-0.3, -0.25) is 14.2 Å². The number of anilines is 1. The highest BCUT2D eigenvalue weighted by atomic mass is 32.2. The van der Waals surface area contributed by atoms with E-state index in [-0.39, 0.29) is 23.1 Å². The maximum atomic E-state index is 13.0. The number of aliphatic imine (C=N–C) groups is 1. The quantitative estimate of drug-likeness (QED) is 0.708. The van der Waals surface area contributed by atoms with Gasteiger partial charge in [0.2, 0.25) is 0 Å². The van der Waals surface area contributed by atoms with Crippen LogP contribution in [0.1, 0.15) is 12.0 Å². The van der Waals surface area contributed by atoms with Crippen LogP contribution >= 0.6 is 0 Å². The zero-order chi connectivity index (χ0) is 18.1. The molecule has 1 atom stereocenters. The Bertz CT molecular complexity index is 1010. The van der Waals surface area contributed by atoms with Crippen molar-refractivity contribution in [2.24, 2.45) is 4.99 Å². The summed E-state index contributed by atoms with van der Waals surface area (Å²) in [5.74, 6) is 0.771. The molecule has 26 heavy (non-hydrogen) atoms. The van der Waals surface area contributed by atoms with E-state index >= 15 is 0 Å². The van der Waals surface area contributed by atoms with E-state index in [1.807, 2.05) is 11.0 Å². The van der Waals surface area contributed by atoms with Crippen LogP contribution in [0.2, 0.25) is 0 Å². The number of hydrogen-bond acceptors (Lipinski definition) is 7. The Labute approximate surface area is 151 Å². The topological polar surface area (TPSA) is 93.3 Å². The van der Waals surface area contributed by atoms with Crippen LogP contribution in [0.25, 0.3) is 5.65 Å². The van der Waals surface area contributed by atoms with Gasteiger partial charge < -0.3 is 9.64 Å². The molecule has 4 rings (SSSR count). The summed E-state index contributed by atoms with van der Waals surface area (Å²) in [6.45, 7) is 2.45. The zero-order valence-corrected chi connectivity index (χ0v) is 15.1. The normalized spacial score (nSPS) is 23.1. The van der Waals surface area contributed by atoms with Gasteiger partial charge in [0.05, 0.1) is 30.8 Å². The van der Waals surface area contributed by atoms with Crippen LogP contribution in [0.3, 0.4) is 0 Å². The first-order chi connectivity index (χ1) is 12.5. The maximum absolute atomic E-state index is 13.0. The molecule has 0 N–H and O–H groups in total. The molecule has 0 spiro atoms. The molecule has 4 heterocycles. The molecule has 0 saturated carbocycles. The Kier molecular flexibility index (Phi) is 4.49. The summed E-state index contributed by atoms with van der Waals surface area (Å²) in [7, 11) is -3.01. The molecule has 138 valence electrons. The minimum Gasteiger partial charge on any atom is -0.378 e. The fraction of sp³-hybridized carbons (Fsp3) is 0.471. The number of sulfone groups is 1. The van der Waals surface area contributed by atoms with E-state index in [0.29, 0.717) is 49.8 Å². The molecule has 2 aliphatic heterocycles. The van der Waals surface area contributed by atoms with Gasteiger partial charge in [0, 0.05) is 25.5 Å². The van der Waals surface area contributed by atoms with Gasteiger partial charge in [0.1, 0.15) is 17.0 Å². The molecule has 8 nitrogen and oxygen atoms in total. The summed E-state index contributed by atoms with van der Waals surface area (Å²) in [5, 5.41) is 0. The van der Waals surface area contributed by atoms with Gasteiger partial charge in [-0.15, -0.1) is 0 Å². The van der Waals surface area contributed by atoms with Crippen molar-refractivity contribution in [1.29, 1.82) is 0 Å². The summed E-state index contributed by atoms with van der Waals surface area (Å²) < 4.78 is 30.1. The minimum absolute atomic E-state index is 0.0404. The van der Waals surface area contributed by atoms with Crippen LogP contribution in [0.15, 0.2) is 34.2 Å². The lowest BCUT2D eigenvalue weighted by Crippen LogP contribution is -2.39. The van der Waals surface area contributed by atoms with Gasteiger partial charge in [-0.1, -0.05) is 6.07 Å². The van der Waals surface area contributed by atoms with Crippen molar-refractivity contribution < 1.29 is 13.2 Å². The van der Waals surface area contributed by atoms with Crippen molar-refractivity contribution in [3.8, 4) is 0 Å². The molecule has 2 aromatic rings. The van der Waals surface area contributed by atoms with Gasteiger partial charge in [-0.2, -0.15) is 0 Å². The van der Waals surface area contributed by atoms with Crippen LogP contribution in [-0.4, -0.2) is 67.9 Å². The molecular weight excluding hydrogens is 356 g/mol. The number of pyridine rings is 1. The maximum Gasteiger partial charge on any atom is 0.268 e. The number of morpholine rings is 1. The highest BCUT2D eigenvalue weighted by molar-refractivity contribution is 7.91. The van der Waals surface area contributed by atoms with Crippen LogP contribution in [0.5, 0.6) is 0 Å². The SMILES string of the molecule is O=c1c(C=NC2CCS(=O)(=O)C2)c(N2CCOCC2)nc2ccccn12. The van der Waals surface area contributed by atoms with Crippen molar-refractivity contribution in [2.75, 3.05) is 42.7 Å². The molecule has 0 bridgehead atoms. The average Bonchev–Trinajstić information content (AvgIpc) is 3.00. The van der Waals surface area contributed by atoms with E-state index in [2.05, 4.69) is 9.98 Å². The third-order valence-corrected chi connectivity index (χ3v) is 6.43. The first-order valence-corrected chi connectivity index (χ1v) is 10.4. The molecule has 2 fully saturated rings. The predicted octanol–water partition coefficient (Wildman–Crippen LogP) is 0.137. The molecule has 0 amide bonds. The third-order valence-electron chi connectivity index (χ3n) is 4.68. The van der Waals surface area contributed by atoms with E-state index < -0.39 is 9.84 Å². The van der Waals surface area contributed by atoms with E-state index in [9.17, 15) is 13.2 Å². The Morgan fingerprint density at radius 1 is 1.27 bits per heavy atom. The Morgan fingerprint density at radius 2 is 2.08 bits per heavy atom. The molecule has 2 aliphatic rings. The minimum atomic E-state index is -3.01. The molecule has 2 saturated heterocycles. The van der Waals surface area contributed by atoms with E-state index in [4.69, 9.17) is 4.74 Å². The zero-order valence-electron chi connectivity index (χ0n) is 14.2. The fourth-order valence-electron chi connectivity index (χ4n) is 3.29. The molecule has 9 heteroatoms. The number of rotatable bonds is 3. The lowest BCUT2D eigenvalue weighted by Gasteiger charge is -2.28. The van der Waals surface area contributed by atoms with Crippen molar-refractivity contribution in [3.05, 3.63) is 40.3 Å². The highest BCUT2D eigenvalue weighted by Crippen LogP contribution is 2.18. The van der Waals surface area contributed by atoms with Gasteiger partial charge in [-0.25, -0.2) is 13.4 Å². The summed E-state index contributed by atoms with van der Waals surface area (Å²) in [6, 6.07) is 5.10. The standard InChI is InChI=1S/C17H20N4O4S/c22-17-14(11-18-13-4-10-26(23,24)12-13)16(20-6-8-25-9-7-20)19-15-3-1-2-5-21(15)17/h1-3,5,11,13H,4,6-10,12H2. The Morgan fingerprint density at radius 3 is 2.81 bits per heavy atom. The fourth-order valence-corrected chi connectivity index (χ4v) is 4.93. The summed E-state index contributed by atoms with van der Waals surface area (Å²) >= 11 is 0. The third kappa shape index (κ3) is 3.36. The van der Waals surface area contributed by atoms with Gasteiger partial charge in [0.15, 0.2) is 9.84 Å². The lowest BCUT2D eigenvalue weighted by atomic mass is 10.2. The molecule has 0 radical (unpaired) electrons. The Hall–Kier alpha value is -2.26. The average molecular weight is 376 g/mol. The Balaban J connectivity index is 1.78. The number of fused-ring (bicyclic) bond motifs is 1. The second kappa shape index (κ2) is 6.81. The van der Waals surface area contributed by atoms with Crippen LogP contribution in [0.4, 0.5) is 5.82 Å². The predicted molar refractivity (Wildman–Crippen MR) is 99.1 cm³/mol. The smallest absolute Gasteiger partial charge is 0.268 e. The van der Waals surface area contributed by atoms with E-state index in [1.54, 1.807) is 18.3 Å². The number of hydrogen-bond donors (Lipinski definition) is 0. The molecule has 2 aromatic heterocycles. The molecule has 1 unspecified atom stereocenters. The van der Waals surface area contributed by atoms with Crippen molar-refractivity contribution in [2.45, 2.75) is 12.5 Å². The molecule has 0 aromatic carbocycles. The van der Waals surface area contributed by atoms with Crippen LogP contribution < -0.4 is 10.5 Å². The first kappa shape index (κ1) is 17.2. The van der Waals surface area contributed by atoms with Crippen molar-refractivity contribution in [1.82, 2.24) is 9.38 Å². The van der Waals surface area contributed by atoms with Gasteiger partial charge >= 0.3 is 0 Å². The van der Waals surface area contributed by atoms with Gasteiger partial charge in [-0.05, 0) is 18.6 Å². The molecule has 0 aliphatic carbocycles. The van der Waals surface area contributed by atoms with E-state index in [0.717, 1.165) is 0 Å². The second-order valence-corrected chi connectivity index (χ2v) is 8.75. The summed E-state index contributed by atoms with van der Waals surface area (Å²) in [4.78, 5) is 24.1. The van der Waals surface area contributed by atoms with E-state index in [1.165, 1.54) is 10.6 Å². The summed E-state index contributed by atoms with van der Waals surface area (Å²) in [5.41, 5.74) is 0.751. The van der Waals surface area contributed by atoms with Crippen LogP contribution in [0, 0.1) is 0 Å². The summed E-state index contributed by atoms with van der Waals surface area (Å²) in [6.07, 6.45) is 3.67. The number of nitrogens with zero attached hydrogens (tertiary/aromatic N) is 4. The lowest BCUT2D eigenvalue weighted by molar-refractivity contribution is 0.122. The second-order valence-electron chi connectivity index (χ2n) is 6.52. The number of ether oxygens (including phenoxy) is 1. The van der Waals surface area contributed by atoms with Crippen molar-refractivity contribution >= 4 is 27.5 Å². The molecular formula is C17H20N4O4S. The van der Waals surface area contributed by atoms with Crippen molar-refractivity contribution in [3.63, 3.8) is 0 Å². The highest BCUT2D eigenvalue weighted by Gasteiger charge is 2.27. The monoisotopic (exact) mass is 376 g/mol. The largest absolute Gasteiger partial charge is 0.378 e. The van der Waals surface area contributed by atoms with Gasteiger partial charge in [0.25, 0.3) is 5.56 Å².